The molecular weight excluding hydrogens is 190 g/mol. The molecule has 1 saturated carbocycles. The summed E-state index contributed by atoms with van der Waals surface area (Å²) < 4.78 is 0. The molecule has 2 aliphatic rings. The van der Waals surface area contributed by atoms with Gasteiger partial charge in [0.15, 0.2) is 0 Å². The molecule has 1 nitrogen and oxygen atoms in total. The highest BCUT2D eigenvalue weighted by Gasteiger charge is 2.64. The first kappa shape index (κ1) is 10.8. The van der Waals surface area contributed by atoms with Gasteiger partial charge in [0.25, 0.3) is 0 Å². The highest BCUT2D eigenvalue weighted by atomic mass is 32.2. The van der Waals surface area contributed by atoms with Crippen LogP contribution in [0.5, 0.6) is 0 Å². The summed E-state index contributed by atoms with van der Waals surface area (Å²) >= 11 is 2.11. The molecule has 1 unspecified atom stereocenters. The van der Waals surface area contributed by atoms with Crippen molar-refractivity contribution in [1.82, 2.24) is 5.32 Å². The summed E-state index contributed by atoms with van der Waals surface area (Å²) in [5.41, 5.74) is 0.990. The van der Waals surface area contributed by atoms with E-state index in [0.29, 0.717) is 10.8 Å². The molecule has 2 rings (SSSR count). The first-order valence-electron chi connectivity index (χ1n) is 5.80. The Morgan fingerprint density at radius 1 is 1.14 bits per heavy atom. The SMILES string of the molecule is CC1(C)C(NC2CCCSC2)C1(C)C. The Kier molecular flexibility index (Phi) is 2.64. The molecule has 2 heteroatoms. The van der Waals surface area contributed by atoms with Gasteiger partial charge in [0.1, 0.15) is 0 Å². The fourth-order valence-corrected chi connectivity index (χ4v) is 3.81. The second kappa shape index (κ2) is 3.41. The molecule has 0 aromatic carbocycles. The zero-order valence-corrected chi connectivity index (χ0v) is 10.7. The van der Waals surface area contributed by atoms with Crippen molar-refractivity contribution < 1.29 is 0 Å². The number of thioether (sulfide) groups is 1. The van der Waals surface area contributed by atoms with Crippen LogP contribution in [0, 0.1) is 10.8 Å². The molecule has 0 bridgehead atoms. The fourth-order valence-electron chi connectivity index (χ4n) is 2.72. The molecule has 0 aromatic heterocycles. The maximum atomic E-state index is 3.85. The maximum Gasteiger partial charge on any atom is 0.0184 e. The van der Waals surface area contributed by atoms with Crippen LogP contribution in [-0.4, -0.2) is 23.6 Å². The van der Waals surface area contributed by atoms with Gasteiger partial charge >= 0.3 is 0 Å². The Morgan fingerprint density at radius 3 is 2.21 bits per heavy atom. The maximum absolute atomic E-state index is 3.85. The van der Waals surface area contributed by atoms with Crippen molar-refractivity contribution in [2.45, 2.75) is 52.6 Å². The summed E-state index contributed by atoms with van der Waals surface area (Å²) in [4.78, 5) is 0. The molecule has 0 amide bonds. The third-order valence-electron chi connectivity index (χ3n) is 4.58. The molecule has 1 aliphatic carbocycles. The summed E-state index contributed by atoms with van der Waals surface area (Å²) in [6, 6.07) is 1.51. The average Bonchev–Trinajstić information content (AvgIpc) is 2.50. The molecule has 0 aromatic rings. The van der Waals surface area contributed by atoms with Crippen LogP contribution in [0.25, 0.3) is 0 Å². The highest BCUT2D eigenvalue weighted by molar-refractivity contribution is 7.99. The quantitative estimate of drug-likeness (QED) is 0.757. The van der Waals surface area contributed by atoms with E-state index < -0.39 is 0 Å². The number of nitrogens with one attached hydrogen (secondary N) is 1. The van der Waals surface area contributed by atoms with Gasteiger partial charge in [-0.25, -0.2) is 0 Å². The molecule has 0 radical (unpaired) electrons. The molecular formula is C12H23NS. The lowest BCUT2D eigenvalue weighted by Crippen LogP contribution is -2.37. The van der Waals surface area contributed by atoms with E-state index in [1.165, 1.54) is 24.3 Å². The van der Waals surface area contributed by atoms with E-state index in [1.54, 1.807) is 0 Å². The molecule has 1 atom stereocenters. The van der Waals surface area contributed by atoms with Crippen molar-refractivity contribution in [3.05, 3.63) is 0 Å². The topological polar surface area (TPSA) is 12.0 Å². The van der Waals surface area contributed by atoms with Crippen LogP contribution in [0.1, 0.15) is 40.5 Å². The van der Waals surface area contributed by atoms with Gasteiger partial charge in [-0.15, -0.1) is 0 Å². The molecule has 2 fully saturated rings. The standard InChI is InChI=1S/C12H23NS/c1-11(2)10(12(11,3)4)13-9-6-5-7-14-8-9/h9-10,13H,5-8H2,1-4H3. The van der Waals surface area contributed by atoms with E-state index in [-0.39, 0.29) is 0 Å². The Balaban J connectivity index is 1.87. The molecule has 14 heavy (non-hydrogen) atoms. The van der Waals surface area contributed by atoms with Crippen LogP contribution >= 0.6 is 11.8 Å². The van der Waals surface area contributed by atoms with E-state index >= 15 is 0 Å². The lowest BCUT2D eigenvalue weighted by atomic mass is 10.0. The van der Waals surface area contributed by atoms with Gasteiger partial charge in [0.2, 0.25) is 0 Å². The second-order valence-corrected chi connectivity index (χ2v) is 7.11. The van der Waals surface area contributed by atoms with Gasteiger partial charge in [0.05, 0.1) is 0 Å². The lowest BCUT2D eigenvalue weighted by Gasteiger charge is -2.23. The van der Waals surface area contributed by atoms with Gasteiger partial charge in [0, 0.05) is 17.8 Å². The van der Waals surface area contributed by atoms with Gasteiger partial charge in [-0.3, -0.25) is 0 Å². The molecule has 1 heterocycles. The predicted octanol–water partition coefficient (Wildman–Crippen LogP) is 2.91. The van der Waals surface area contributed by atoms with Crippen LogP contribution in [0.3, 0.4) is 0 Å². The Bertz CT molecular complexity index is 202. The Morgan fingerprint density at radius 2 is 1.79 bits per heavy atom. The van der Waals surface area contributed by atoms with Crippen molar-refractivity contribution in [3.8, 4) is 0 Å². The third-order valence-corrected chi connectivity index (χ3v) is 5.80. The minimum Gasteiger partial charge on any atom is -0.309 e. The monoisotopic (exact) mass is 213 g/mol. The van der Waals surface area contributed by atoms with Gasteiger partial charge < -0.3 is 5.32 Å². The zero-order valence-electron chi connectivity index (χ0n) is 9.89. The summed E-state index contributed by atoms with van der Waals surface area (Å²) in [7, 11) is 0. The first-order chi connectivity index (χ1) is 6.46. The Labute approximate surface area is 92.4 Å². The molecule has 0 spiro atoms. The van der Waals surface area contributed by atoms with Gasteiger partial charge in [-0.2, -0.15) is 11.8 Å². The minimum absolute atomic E-state index is 0.495. The highest BCUT2D eigenvalue weighted by Crippen LogP contribution is 2.62. The summed E-state index contributed by atoms with van der Waals surface area (Å²) in [6.45, 7) is 9.56. The summed E-state index contributed by atoms with van der Waals surface area (Å²) in [6.07, 6.45) is 2.78. The fraction of sp³-hybridized carbons (Fsp3) is 1.00. The molecule has 1 saturated heterocycles. The number of rotatable bonds is 2. The zero-order chi connectivity index (χ0) is 10.4. The lowest BCUT2D eigenvalue weighted by molar-refractivity contribution is 0.457. The second-order valence-electron chi connectivity index (χ2n) is 5.96. The molecule has 1 aliphatic heterocycles. The van der Waals surface area contributed by atoms with Crippen LogP contribution in [0.4, 0.5) is 0 Å². The van der Waals surface area contributed by atoms with Gasteiger partial charge in [-0.1, -0.05) is 27.7 Å². The van der Waals surface area contributed by atoms with Crippen LogP contribution in [0.2, 0.25) is 0 Å². The number of hydrogen-bond donors (Lipinski definition) is 1. The van der Waals surface area contributed by atoms with E-state index in [9.17, 15) is 0 Å². The van der Waals surface area contributed by atoms with Crippen molar-refractivity contribution in [2.75, 3.05) is 11.5 Å². The number of hydrogen-bond acceptors (Lipinski definition) is 2. The molecule has 82 valence electrons. The first-order valence-corrected chi connectivity index (χ1v) is 6.95. The van der Waals surface area contributed by atoms with Crippen molar-refractivity contribution >= 4 is 11.8 Å². The van der Waals surface area contributed by atoms with Crippen LogP contribution in [0.15, 0.2) is 0 Å². The average molecular weight is 213 g/mol. The van der Waals surface area contributed by atoms with E-state index in [2.05, 4.69) is 44.8 Å². The van der Waals surface area contributed by atoms with Crippen molar-refractivity contribution in [2.24, 2.45) is 10.8 Å². The smallest absolute Gasteiger partial charge is 0.0184 e. The Hall–Kier alpha value is 0.310. The largest absolute Gasteiger partial charge is 0.309 e. The molecule has 1 N–H and O–H groups in total. The summed E-state index contributed by atoms with van der Waals surface area (Å²) in [5, 5.41) is 3.85. The normalized spacial score (nSPS) is 35.6. The third kappa shape index (κ3) is 1.61. The van der Waals surface area contributed by atoms with E-state index in [1.807, 2.05) is 0 Å². The predicted molar refractivity (Wildman–Crippen MR) is 64.8 cm³/mol. The van der Waals surface area contributed by atoms with E-state index in [4.69, 9.17) is 0 Å². The van der Waals surface area contributed by atoms with Crippen molar-refractivity contribution in [3.63, 3.8) is 0 Å². The van der Waals surface area contributed by atoms with Crippen molar-refractivity contribution in [1.29, 1.82) is 0 Å². The van der Waals surface area contributed by atoms with Crippen LogP contribution < -0.4 is 5.32 Å². The minimum atomic E-state index is 0.495. The van der Waals surface area contributed by atoms with Gasteiger partial charge in [-0.05, 0) is 29.4 Å². The van der Waals surface area contributed by atoms with Crippen LogP contribution in [-0.2, 0) is 0 Å². The summed E-state index contributed by atoms with van der Waals surface area (Å²) in [5.74, 6) is 2.69. The van der Waals surface area contributed by atoms with E-state index in [0.717, 1.165) is 12.1 Å².